The summed E-state index contributed by atoms with van der Waals surface area (Å²) >= 11 is 0. The Morgan fingerprint density at radius 3 is 2.89 bits per heavy atom. The van der Waals surface area contributed by atoms with Crippen molar-refractivity contribution in [2.75, 3.05) is 11.9 Å². The normalized spacial score (nSPS) is 18.9. The van der Waals surface area contributed by atoms with Crippen molar-refractivity contribution in [3.05, 3.63) is 16.8 Å². The van der Waals surface area contributed by atoms with Gasteiger partial charge in [0.05, 0.1) is 5.69 Å². The molecule has 0 bridgehead atoms. The van der Waals surface area contributed by atoms with Gasteiger partial charge in [0.15, 0.2) is 5.82 Å². The molecule has 1 amide bonds. The predicted molar refractivity (Wildman–Crippen MR) is 65.9 cm³/mol. The Hall–Kier alpha value is -2.16. The lowest BCUT2D eigenvalue weighted by molar-refractivity contribution is -0.123. The van der Waals surface area contributed by atoms with Gasteiger partial charge in [-0.1, -0.05) is 0 Å². The number of piperidine rings is 1. The molecule has 1 aromatic rings. The fourth-order valence-corrected chi connectivity index (χ4v) is 1.92. The third kappa shape index (κ3) is 2.25. The van der Waals surface area contributed by atoms with Gasteiger partial charge in [-0.25, -0.2) is 0 Å². The number of anilines is 1. The van der Waals surface area contributed by atoms with E-state index >= 15 is 0 Å². The Morgan fingerprint density at radius 2 is 2.22 bits per heavy atom. The topological polar surface area (TPSA) is 90.7 Å². The molecular weight excluding hydrogens is 230 g/mol. The number of aromatic nitrogens is 2. The minimum absolute atomic E-state index is 0.0508. The van der Waals surface area contributed by atoms with Crippen LogP contribution in [0.5, 0.6) is 0 Å². The Morgan fingerprint density at radius 1 is 1.44 bits per heavy atom. The lowest BCUT2D eigenvalue weighted by atomic mass is 10.1. The van der Waals surface area contributed by atoms with Gasteiger partial charge in [-0.2, -0.15) is 10.4 Å². The third-order valence-electron chi connectivity index (χ3n) is 3.16. The molecule has 6 heteroatoms. The molecule has 1 saturated heterocycles. The lowest BCUT2D eigenvalue weighted by Gasteiger charge is -2.23. The molecule has 2 heterocycles. The van der Waals surface area contributed by atoms with Gasteiger partial charge >= 0.3 is 0 Å². The van der Waals surface area contributed by atoms with Crippen LogP contribution in [0.3, 0.4) is 0 Å². The van der Waals surface area contributed by atoms with Crippen LogP contribution in [0.15, 0.2) is 0 Å². The van der Waals surface area contributed by atoms with Crippen LogP contribution in [0.25, 0.3) is 0 Å². The van der Waals surface area contributed by atoms with Crippen molar-refractivity contribution in [3.63, 3.8) is 0 Å². The predicted octanol–water partition coefficient (Wildman–Crippen LogP) is 0.656. The standard InChI is InChI=1S/C12H15N5O/c1-7-8(2)16-17-11(9(7)6-13)15-10-4-3-5-14-12(10)18/h10H,3-5H2,1-2H3,(H,14,18)(H,15,17). The van der Waals surface area contributed by atoms with Crippen molar-refractivity contribution < 1.29 is 4.79 Å². The molecule has 2 rings (SSSR count). The molecule has 0 aliphatic carbocycles. The van der Waals surface area contributed by atoms with E-state index in [0.29, 0.717) is 17.9 Å². The second-order valence-electron chi connectivity index (χ2n) is 4.38. The third-order valence-corrected chi connectivity index (χ3v) is 3.16. The SMILES string of the molecule is Cc1nnc(NC2CCCNC2=O)c(C#N)c1C. The Balaban J connectivity index is 2.26. The van der Waals surface area contributed by atoms with Crippen molar-refractivity contribution in [2.45, 2.75) is 32.7 Å². The van der Waals surface area contributed by atoms with E-state index in [4.69, 9.17) is 5.26 Å². The molecule has 6 nitrogen and oxygen atoms in total. The minimum Gasteiger partial charge on any atom is -0.356 e. The van der Waals surface area contributed by atoms with Crippen LogP contribution in [-0.2, 0) is 4.79 Å². The van der Waals surface area contributed by atoms with Crippen LogP contribution in [0, 0.1) is 25.2 Å². The van der Waals surface area contributed by atoms with Crippen LogP contribution < -0.4 is 10.6 Å². The molecule has 1 atom stereocenters. The van der Waals surface area contributed by atoms with E-state index in [0.717, 1.165) is 24.1 Å². The Kier molecular flexibility index (Phi) is 3.42. The van der Waals surface area contributed by atoms with Gasteiger partial charge in [0.25, 0.3) is 0 Å². The van der Waals surface area contributed by atoms with Gasteiger partial charge in [0, 0.05) is 6.54 Å². The van der Waals surface area contributed by atoms with E-state index in [1.165, 1.54) is 0 Å². The number of carbonyl (C=O) groups is 1. The number of nitrogens with one attached hydrogen (secondary N) is 2. The van der Waals surface area contributed by atoms with Crippen molar-refractivity contribution in [1.82, 2.24) is 15.5 Å². The molecule has 0 radical (unpaired) electrons. The van der Waals surface area contributed by atoms with Crippen LogP contribution in [0.1, 0.15) is 29.7 Å². The average molecular weight is 245 g/mol. The number of amides is 1. The number of hydrogen-bond donors (Lipinski definition) is 2. The number of nitrogens with zero attached hydrogens (tertiary/aromatic N) is 3. The van der Waals surface area contributed by atoms with Crippen molar-refractivity contribution >= 4 is 11.7 Å². The summed E-state index contributed by atoms with van der Waals surface area (Å²) in [5.74, 6) is 0.341. The summed E-state index contributed by atoms with van der Waals surface area (Å²) in [6.45, 7) is 4.34. The Labute approximate surface area is 105 Å². The molecule has 0 spiro atoms. The number of carbonyl (C=O) groups excluding carboxylic acids is 1. The summed E-state index contributed by atoms with van der Waals surface area (Å²) in [5.41, 5.74) is 1.98. The highest BCUT2D eigenvalue weighted by Crippen LogP contribution is 2.19. The Bertz CT molecular complexity index is 520. The first kappa shape index (κ1) is 12.3. The van der Waals surface area contributed by atoms with Crippen LogP contribution in [-0.4, -0.2) is 28.7 Å². The second-order valence-corrected chi connectivity index (χ2v) is 4.38. The monoisotopic (exact) mass is 245 g/mol. The molecule has 1 aliphatic heterocycles. The zero-order valence-electron chi connectivity index (χ0n) is 10.4. The van der Waals surface area contributed by atoms with E-state index in [9.17, 15) is 4.79 Å². The maximum Gasteiger partial charge on any atom is 0.242 e. The number of nitriles is 1. The largest absolute Gasteiger partial charge is 0.356 e. The lowest BCUT2D eigenvalue weighted by Crippen LogP contribution is -2.44. The van der Waals surface area contributed by atoms with Gasteiger partial charge in [-0.05, 0) is 32.3 Å². The quantitative estimate of drug-likeness (QED) is 0.798. The maximum absolute atomic E-state index is 11.6. The molecule has 1 aromatic heterocycles. The van der Waals surface area contributed by atoms with Gasteiger partial charge in [0.1, 0.15) is 17.7 Å². The fourth-order valence-electron chi connectivity index (χ4n) is 1.92. The number of rotatable bonds is 2. The molecule has 0 aromatic carbocycles. The summed E-state index contributed by atoms with van der Waals surface area (Å²) in [6.07, 6.45) is 1.66. The van der Waals surface area contributed by atoms with Crippen LogP contribution >= 0.6 is 0 Å². The van der Waals surface area contributed by atoms with Crippen LogP contribution in [0.2, 0.25) is 0 Å². The van der Waals surface area contributed by atoms with Crippen molar-refractivity contribution in [2.24, 2.45) is 0 Å². The molecular formula is C12H15N5O. The smallest absolute Gasteiger partial charge is 0.242 e. The summed E-state index contributed by atoms with van der Waals surface area (Å²) < 4.78 is 0. The van der Waals surface area contributed by atoms with Gasteiger partial charge in [-0.3, -0.25) is 4.79 Å². The molecule has 1 unspecified atom stereocenters. The molecule has 1 fully saturated rings. The first-order valence-electron chi connectivity index (χ1n) is 5.91. The van der Waals surface area contributed by atoms with E-state index in [1.807, 2.05) is 6.92 Å². The van der Waals surface area contributed by atoms with E-state index < -0.39 is 0 Å². The summed E-state index contributed by atoms with van der Waals surface area (Å²) in [6, 6.07) is 1.78. The van der Waals surface area contributed by atoms with Crippen molar-refractivity contribution in [1.29, 1.82) is 5.26 Å². The summed E-state index contributed by atoms with van der Waals surface area (Å²) in [4.78, 5) is 11.6. The second kappa shape index (κ2) is 5.00. The number of hydrogen-bond acceptors (Lipinski definition) is 5. The van der Waals surface area contributed by atoms with E-state index in [-0.39, 0.29) is 11.9 Å². The molecule has 94 valence electrons. The average Bonchev–Trinajstić information content (AvgIpc) is 2.37. The number of aryl methyl sites for hydroxylation is 1. The minimum atomic E-state index is -0.331. The highest BCUT2D eigenvalue weighted by Gasteiger charge is 2.23. The van der Waals surface area contributed by atoms with Crippen molar-refractivity contribution in [3.8, 4) is 6.07 Å². The maximum atomic E-state index is 11.6. The van der Waals surface area contributed by atoms with Gasteiger partial charge < -0.3 is 10.6 Å². The molecule has 1 aliphatic rings. The summed E-state index contributed by atoms with van der Waals surface area (Å²) in [7, 11) is 0. The molecule has 0 saturated carbocycles. The van der Waals surface area contributed by atoms with Gasteiger partial charge in [0.2, 0.25) is 5.91 Å². The molecule has 18 heavy (non-hydrogen) atoms. The van der Waals surface area contributed by atoms with E-state index in [1.54, 1.807) is 6.92 Å². The zero-order chi connectivity index (χ0) is 13.1. The van der Waals surface area contributed by atoms with Crippen LogP contribution in [0.4, 0.5) is 5.82 Å². The highest BCUT2D eigenvalue weighted by molar-refractivity contribution is 5.85. The van der Waals surface area contributed by atoms with E-state index in [2.05, 4.69) is 26.9 Å². The highest BCUT2D eigenvalue weighted by atomic mass is 16.2. The molecule has 2 N–H and O–H groups in total. The fraction of sp³-hybridized carbons (Fsp3) is 0.500. The zero-order valence-corrected chi connectivity index (χ0v) is 10.4. The first-order chi connectivity index (χ1) is 8.63. The first-order valence-corrected chi connectivity index (χ1v) is 5.91. The summed E-state index contributed by atoms with van der Waals surface area (Å²) in [5, 5.41) is 22.9. The van der Waals surface area contributed by atoms with Gasteiger partial charge in [-0.15, -0.1) is 5.10 Å².